The molecule has 0 aromatic rings. The van der Waals surface area contributed by atoms with Crippen LogP contribution in [0, 0.1) is 11.8 Å². The highest BCUT2D eigenvalue weighted by atomic mass is 14.2. The van der Waals surface area contributed by atoms with Crippen LogP contribution in [0.5, 0.6) is 0 Å². The Labute approximate surface area is 75.4 Å². The average molecular weight is 163 g/mol. The highest BCUT2D eigenvalue weighted by Gasteiger charge is 0.938. The van der Waals surface area contributed by atoms with Crippen molar-refractivity contribution < 1.29 is 0 Å². The zero-order chi connectivity index (χ0) is 10.0. The van der Waals surface area contributed by atoms with Gasteiger partial charge in [0.05, 0.1) is 0 Å². The van der Waals surface area contributed by atoms with Gasteiger partial charge < -0.3 is 0 Å². The molecule has 0 rings (SSSR count). The Bertz CT molecular complexity index is 9.59. The van der Waals surface area contributed by atoms with E-state index in [1.54, 1.807) is 0 Å². The molecule has 0 saturated carbocycles. The zero-order valence-electron chi connectivity index (χ0n) is 9.02. The molecule has 1 heteroatoms. The summed E-state index contributed by atoms with van der Waals surface area (Å²) in [5.74, 6) is 0. The van der Waals surface area contributed by atoms with E-state index in [9.17, 15) is 0 Å². The minimum Gasteiger partial charge on any atom is -0.202 e. The molecule has 1 nitrogen and oxygen atoms in total. The summed E-state index contributed by atoms with van der Waals surface area (Å²) in [6, 6.07) is 0. The fraction of sp³-hybridized carbons (Fsp3) is 0.900. The first kappa shape index (κ1) is 46.9. The Balaban J connectivity index is -0.00000000694. The van der Waals surface area contributed by atoms with Crippen LogP contribution in [0.15, 0.2) is 0 Å². The molecule has 0 aliphatic heterocycles. The van der Waals surface area contributed by atoms with E-state index in [-0.39, 0.29) is 7.43 Å². The van der Waals surface area contributed by atoms with Gasteiger partial charge in [-0.1, -0.05) is 62.8 Å². The smallest absolute Gasteiger partial charge is 0.0462 e. The predicted molar refractivity (Wildman–Crippen MR) is 58.8 cm³/mol. The van der Waals surface area contributed by atoms with Gasteiger partial charge in [-0.25, -0.2) is 5.26 Å². The molecular weight excluding hydrogens is 134 g/mol. The summed E-state index contributed by atoms with van der Waals surface area (Å²) in [5.41, 5.74) is 0. The molecule has 0 saturated heterocycles. The standard InChI is InChI=1S/4C2H6.CHN.CH4/c5*1-2;/h4*1-2H3;1H;1H4. The van der Waals surface area contributed by atoms with E-state index in [1.807, 2.05) is 55.4 Å². The maximum Gasteiger partial charge on any atom is 0.0462 e. The summed E-state index contributed by atoms with van der Waals surface area (Å²) >= 11 is 0. The predicted octanol–water partition coefficient (Wildman–Crippen LogP) is 4.88. The molecule has 74 valence electrons. The van der Waals surface area contributed by atoms with Gasteiger partial charge in [0, 0.05) is 6.57 Å². The number of hydrogen-bond acceptors (Lipinski definition) is 1. The van der Waals surface area contributed by atoms with Gasteiger partial charge in [-0.3, -0.25) is 0 Å². The summed E-state index contributed by atoms with van der Waals surface area (Å²) in [6.45, 7) is 19.5. The Morgan fingerprint density at radius 2 is 0.545 bits per heavy atom. The van der Waals surface area contributed by atoms with Crippen molar-refractivity contribution in [3.8, 4) is 6.57 Å². The van der Waals surface area contributed by atoms with E-state index in [0.29, 0.717) is 0 Å². The maximum absolute atomic E-state index is 6.50. The number of hydrogen-bond donors (Lipinski definition) is 0. The van der Waals surface area contributed by atoms with E-state index in [2.05, 4.69) is 6.57 Å². The first-order valence-electron chi connectivity index (χ1n) is 4.26. The summed E-state index contributed by atoms with van der Waals surface area (Å²) in [7, 11) is 0. The first-order valence-corrected chi connectivity index (χ1v) is 4.26. The molecular formula is C10H29N. The molecule has 0 spiro atoms. The monoisotopic (exact) mass is 163 g/mol. The lowest BCUT2D eigenvalue weighted by atomic mass is 11.0. The summed E-state index contributed by atoms with van der Waals surface area (Å²) in [5, 5.41) is 6.50. The highest BCUT2D eigenvalue weighted by Crippen LogP contribution is 1.15. The largest absolute Gasteiger partial charge is 0.202 e. The molecule has 0 radical (unpaired) electrons. The van der Waals surface area contributed by atoms with Crippen LogP contribution < -0.4 is 0 Å². The van der Waals surface area contributed by atoms with Gasteiger partial charge in [0.15, 0.2) is 0 Å². The fourth-order valence-corrected chi connectivity index (χ4v) is 0. The molecule has 0 heterocycles. The Kier molecular flexibility index (Phi) is 11200. The number of nitriles is 1. The van der Waals surface area contributed by atoms with Gasteiger partial charge in [0.2, 0.25) is 0 Å². The third kappa shape index (κ3) is 2050. The highest BCUT2D eigenvalue weighted by molar-refractivity contribution is 4.03. The molecule has 0 atom stereocenters. The second-order valence-corrected chi connectivity index (χ2v) is 0. The second-order valence-electron chi connectivity index (χ2n) is 0. The molecule has 0 N–H and O–H groups in total. The minimum atomic E-state index is 0. The van der Waals surface area contributed by atoms with Crippen molar-refractivity contribution in [3.05, 3.63) is 0 Å². The van der Waals surface area contributed by atoms with Gasteiger partial charge >= 0.3 is 0 Å². The lowest BCUT2D eigenvalue weighted by Crippen LogP contribution is -0.856. The van der Waals surface area contributed by atoms with Crippen molar-refractivity contribution in [2.24, 2.45) is 0 Å². The lowest BCUT2D eigenvalue weighted by Gasteiger charge is -1.07. The first-order chi connectivity index (χ1) is 5.00. The van der Waals surface area contributed by atoms with E-state index >= 15 is 0 Å². The molecule has 0 unspecified atom stereocenters. The Hall–Kier alpha value is -0.510. The summed E-state index contributed by atoms with van der Waals surface area (Å²) in [4.78, 5) is 0. The average Bonchev–Trinajstić information content (AvgIpc) is 2.20. The van der Waals surface area contributed by atoms with E-state index in [4.69, 9.17) is 5.26 Å². The molecule has 0 amide bonds. The van der Waals surface area contributed by atoms with E-state index in [0.717, 1.165) is 0 Å². The van der Waals surface area contributed by atoms with Crippen LogP contribution in [-0.2, 0) is 0 Å². The van der Waals surface area contributed by atoms with Crippen molar-refractivity contribution in [3.63, 3.8) is 0 Å². The molecule has 0 fully saturated rings. The molecule has 0 aromatic heterocycles. The molecule has 11 heavy (non-hydrogen) atoms. The Morgan fingerprint density at radius 3 is 0.545 bits per heavy atom. The topological polar surface area (TPSA) is 23.8 Å². The zero-order valence-corrected chi connectivity index (χ0v) is 9.02. The van der Waals surface area contributed by atoms with Gasteiger partial charge in [0.1, 0.15) is 0 Å². The summed E-state index contributed by atoms with van der Waals surface area (Å²) < 4.78 is 0. The second kappa shape index (κ2) is 2630. The SMILES string of the molecule is C.C#N.CC.CC.CC.CC. The lowest BCUT2D eigenvalue weighted by molar-refractivity contribution is 1.50. The third-order valence-electron chi connectivity index (χ3n) is 0. The van der Waals surface area contributed by atoms with E-state index < -0.39 is 0 Å². The van der Waals surface area contributed by atoms with Crippen LogP contribution >= 0.6 is 0 Å². The van der Waals surface area contributed by atoms with Crippen LogP contribution in [0.4, 0.5) is 0 Å². The van der Waals surface area contributed by atoms with Gasteiger partial charge in [-0.15, -0.1) is 0 Å². The number of nitrogens with zero attached hydrogens (tertiary/aromatic N) is 1. The van der Waals surface area contributed by atoms with Crippen molar-refractivity contribution in [2.45, 2.75) is 62.8 Å². The fourth-order valence-electron chi connectivity index (χ4n) is 0. The Morgan fingerprint density at radius 1 is 0.545 bits per heavy atom. The minimum absolute atomic E-state index is 0. The normalized spacial score (nSPS) is 2.36. The molecule has 0 aromatic carbocycles. The van der Waals surface area contributed by atoms with Crippen molar-refractivity contribution in [1.82, 2.24) is 0 Å². The van der Waals surface area contributed by atoms with Crippen LogP contribution in [-0.4, -0.2) is 0 Å². The molecule has 0 bridgehead atoms. The van der Waals surface area contributed by atoms with Crippen LogP contribution in [0.3, 0.4) is 0 Å². The maximum atomic E-state index is 6.50. The molecule has 0 aliphatic carbocycles. The quantitative estimate of drug-likeness (QED) is 0.499. The van der Waals surface area contributed by atoms with Crippen molar-refractivity contribution >= 4 is 0 Å². The van der Waals surface area contributed by atoms with E-state index in [1.165, 1.54) is 0 Å². The van der Waals surface area contributed by atoms with Crippen molar-refractivity contribution in [1.29, 1.82) is 5.26 Å². The van der Waals surface area contributed by atoms with Crippen LogP contribution in [0.2, 0.25) is 0 Å². The van der Waals surface area contributed by atoms with Gasteiger partial charge in [-0.2, -0.15) is 0 Å². The summed E-state index contributed by atoms with van der Waals surface area (Å²) in [6.07, 6.45) is 0. The van der Waals surface area contributed by atoms with Crippen molar-refractivity contribution in [2.75, 3.05) is 0 Å². The van der Waals surface area contributed by atoms with Crippen LogP contribution in [0.25, 0.3) is 0 Å². The third-order valence-corrected chi connectivity index (χ3v) is 0. The van der Waals surface area contributed by atoms with Crippen LogP contribution in [0.1, 0.15) is 62.8 Å². The van der Waals surface area contributed by atoms with Gasteiger partial charge in [-0.05, 0) is 0 Å². The molecule has 0 aliphatic rings. The number of rotatable bonds is 0. The van der Waals surface area contributed by atoms with Gasteiger partial charge in [0.25, 0.3) is 0 Å².